The Hall–Kier alpha value is -2.00. The summed E-state index contributed by atoms with van der Waals surface area (Å²) in [5.41, 5.74) is 0.370. The molecule has 2 fully saturated rings. The van der Waals surface area contributed by atoms with Crippen molar-refractivity contribution in [1.82, 2.24) is 0 Å². The molecular formula is C21H29NO4S. The third-order valence-electron chi connectivity index (χ3n) is 4.20. The third-order valence-corrected chi connectivity index (χ3v) is 5.22. The second-order valence-corrected chi connectivity index (χ2v) is 8.76. The number of hydrogen-bond acceptors (Lipinski definition) is 5. The number of thiophene rings is 1. The van der Waals surface area contributed by atoms with Gasteiger partial charge < -0.3 is 9.47 Å². The van der Waals surface area contributed by atoms with Crippen LogP contribution in [0.15, 0.2) is 6.07 Å². The maximum absolute atomic E-state index is 11.9. The summed E-state index contributed by atoms with van der Waals surface area (Å²) >= 11 is 1.22. The minimum absolute atomic E-state index is 0.137. The highest BCUT2D eigenvalue weighted by Gasteiger charge is 2.30. The molecule has 0 atom stereocenters. The highest BCUT2D eigenvalue weighted by molar-refractivity contribution is 7.15. The molecule has 0 unspecified atom stereocenters. The number of hydrogen-bond donors (Lipinski definition) is 0. The van der Waals surface area contributed by atoms with Gasteiger partial charge in [-0.1, -0.05) is 50.4 Å². The molecular weight excluding hydrogens is 362 g/mol. The summed E-state index contributed by atoms with van der Waals surface area (Å²) in [6.45, 7) is 6.76. The summed E-state index contributed by atoms with van der Waals surface area (Å²) in [5, 5.41) is 0. The van der Waals surface area contributed by atoms with E-state index in [1.165, 1.54) is 61.9 Å². The first-order valence-corrected chi connectivity index (χ1v) is 10.3. The molecule has 1 aliphatic heterocycles. The quantitative estimate of drug-likeness (QED) is 0.512. The predicted octanol–water partition coefficient (Wildman–Crippen LogP) is 5.23. The number of nitrogens with zero attached hydrogens (tertiary/aromatic N) is 1. The van der Waals surface area contributed by atoms with Gasteiger partial charge in [0.15, 0.2) is 0 Å². The second-order valence-electron chi connectivity index (χ2n) is 7.70. The maximum atomic E-state index is 11.9. The lowest BCUT2D eigenvalue weighted by Gasteiger charge is -2.11. The number of amides is 1. The van der Waals surface area contributed by atoms with Crippen LogP contribution in [-0.2, 0) is 9.47 Å². The zero-order valence-corrected chi connectivity index (χ0v) is 17.5. The zero-order chi connectivity index (χ0) is 19.9. The Morgan fingerprint density at radius 2 is 1.78 bits per heavy atom. The van der Waals surface area contributed by atoms with Crippen molar-refractivity contribution in [3.63, 3.8) is 0 Å². The van der Waals surface area contributed by atoms with Crippen LogP contribution in [0.2, 0.25) is 0 Å². The van der Waals surface area contributed by atoms with Gasteiger partial charge in [0.05, 0.1) is 24.2 Å². The van der Waals surface area contributed by atoms with E-state index in [0.29, 0.717) is 23.7 Å². The lowest BCUT2D eigenvalue weighted by atomic mass is 9.98. The number of cyclic esters (lactones) is 1. The number of rotatable bonds is 2. The van der Waals surface area contributed by atoms with Crippen molar-refractivity contribution in [3.05, 3.63) is 15.8 Å². The van der Waals surface area contributed by atoms with Crippen molar-refractivity contribution in [3.8, 4) is 11.8 Å². The van der Waals surface area contributed by atoms with Gasteiger partial charge in [-0.15, -0.1) is 11.3 Å². The number of ether oxygens (including phenoxy) is 2. The minimum atomic E-state index is -0.474. The summed E-state index contributed by atoms with van der Waals surface area (Å²) in [5.74, 6) is 5.68. The van der Waals surface area contributed by atoms with E-state index >= 15 is 0 Å². The summed E-state index contributed by atoms with van der Waals surface area (Å²) < 4.78 is 9.69. The summed E-state index contributed by atoms with van der Waals surface area (Å²) in [7, 11) is 1.31. The van der Waals surface area contributed by atoms with E-state index in [1.807, 2.05) is 20.8 Å². The Labute approximate surface area is 166 Å². The standard InChI is InChI=1S/C15H17NO4S.C6H12/c1-15(2,3)6-5-10-9-11(12(21-10)13(17)19-4)16-7-8-20-14(16)18;1-2-4-6-5-3-1/h9H,7-8H2,1-4H3;1-6H2. The number of carbonyl (C=O) groups excluding carboxylic acids is 2. The second kappa shape index (κ2) is 9.80. The Morgan fingerprint density at radius 3 is 2.22 bits per heavy atom. The lowest BCUT2D eigenvalue weighted by molar-refractivity contribution is 0.0607. The molecule has 1 aromatic heterocycles. The van der Waals surface area contributed by atoms with Crippen LogP contribution in [0.4, 0.5) is 10.5 Å². The van der Waals surface area contributed by atoms with Gasteiger partial charge in [-0.25, -0.2) is 9.59 Å². The molecule has 2 aliphatic rings. The van der Waals surface area contributed by atoms with Gasteiger partial charge in [0.2, 0.25) is 0 Å². The maximum Gasteiger partial charge on any atom is 0.414 e. The first kappa shape index (κ1) is 21.3. The van der Waals surface area contributed by atoms with Crippen LogP contribution in [0.1, 0.15) is 73.8 Å². The largest absolute Gasteiger partial charge is 0.465 e. The van der Waals surface area contributed by atoms with Crippen LogP contribution in [-0.4, -0.2) is 32.3 Å². The van der Waals surface area contributed by atoms with Gasteiger partial charge in [0.1, 0.15) is 11.5 Å². The van der Waals surface area contributed by atoms with E-state index in [1.54, 1.807) is 6.07 Å². The van der Waals surface area contributed by atoms with E-state index in [0.717, 1.165) is 4.88 Å². The molecule has 148 valence electrons. The Kier molecular flexibility index (Phi) is 7.73. The fourth-order valence-electron chi connectivity index (χ4n) is 2.80. The molecule has 3 rings (SSSR count). The highest BCUT2D eigenvalue weighted by Crippen LogP contribution is 2.32. The van der Waals surface area contributed by atoms with Crippen LogP contribution < -0.4 is 4.90 Å². The fourth-order valence-corrected chi connectivity index (χ4v) is 3.74. The summed E-state index contributed by atoms with van der Waals surface area (Å²) in [6, 6.07) is 1.74. The van der Waals surface area contributed by atoms with E-state index in [4.69, 9.17) is 9.47 Å². The molecule has 1 saturated carbocycles. The van der Waals surface area contributed by atoms with Crippen molar-refractivity contribution in [2.45, 2.75) is 59.3 Å². The van der Waals surface area contributed by atoms with Gasteiger partial charge in [0, 0.05) is 5.41 Å². The van der Waals surface area contributed by atoms with Crippen molar-refractivity contribution < 1.29 is 19.1 Å². The van der Waals surface area contributed by atoms with Crippen LogP contribution in [0.25, 0.3) is 0 Å². The first-order valence-electron chi connectivity index (χ1n) is 9.51. The summed E-state index contributed by atoms with van der Waals surface area (Å²) in [4.78, 5) is 26.1. The molecule has 2 heterocycles. The molecule has 1 saturated heterocycles. The fraction of sp³-hybridized carbons (Fsp3) is 0.619. The average Bonchev–Trinajstić information content (AvgIpc) is 3.26. The van der Waals surface area contributed by atoms with Crippen molar-refractivity contribution in [2.24, 2.45) is 5.41 Å². The lowest BCUT2D eigenvalue weighted by Crippen LogP contribution is -2.24. The number of esters is 1. The Bertz CT molecular complexity index is 705. The SMILES string of the molecule is C1CCCCC1.COC(=O)c1sc(C#CC(C)(C)C)cc1N1CCOC1=O. The molecule has 6 heteroatoms. The normalized spacial score (nSPS) is 16.6. The molecule has 0 bridgehead atoms. The minimum Gasteiger partial charge on any atom is -0.465 e. The van der Waals surface area contributed by atoms with Crippen molar-refractivity contribution in [1.29, 1.82) is 0 Å². The zero-order valence-electron chi connectivity index (χ0n) is 16.7. The molecule has 1 aromatic rings. The highest BCUT2D eigenvalue weighted by atomic mass is 32.1. The van der Waals surface area contributed by atoms with Crippen molar-refractivity contribution in [2.75, 3.05) is 25.2 Å². The molecule has 5 nitrogen and oxygen atoms in total. The van der Waals surface area contributed by atoms with Crippen LogP contribution in [0, 0.1) is 17.3 Å². The molecule has 27 heavy (non-hydrogen) atoms. The van der Waals surface area contributed by atoms with Gasteiger partial charge in [-0.3, -0.25) is 4.90 Å². The van der Waals surface area contributed by atoms with Gasteiger partial charge >= 0.3 is 12.1 Å². The first-order chi connectivity index (χ1) is 12.8. The Balaban J connectivity index is 0.000000369. The smallest absolute Gasteiger partial charge is 0.414 e. The van der Waals surface area contributed by atoms with E-state index in [9.17, 15) is 9.59 Å². The van der Waals surface area contributed by atoms with Crippen molar-refractivity contribution >= 4 is 29.1 Å². The molecule has 1 aliphatic carbocycles. The van der Waals surface area contributed by atoms with E-state index in [2.05, 4.69) is 11.8 Å². The van der Waals surface area contributed by atoms with Gasteiger partial charge in [-0.05, 0) is 26.8 Å². The van der Waals surface area contributed by atoms with Crippen LogP contribution in [0.3, 0.4) is 0 Å². The van der Waals surface area contributed by atoms with Gasteiger partial charge in [0.25, 0.3) is 0 Å². The monoisotopic (exact) mass is 391 g/mol. The topological polar surface area (TPSA) is 55.8 Å². The summed E-state index contributed by atoms with van der Waals surface area (Å²) in [6.07, 6.45) is 8.55. The van der Waals surface area contributed by atoms with Crippen LogP contribution >= 0.6 is 11.3 Å². The third kappa shape index (κ3) is 6.59. The Morgan fingerprint density at radius 1 is 1.19 bits per heavy atom. The van der Waals surface area contributed by atoms with Crippen LogP contribution in [0.5, 0.6) is 0 Å². The molecule has 0 N–H and O–H groups in total. The van der Waals surface area contributed by atoms with E-state index in [-0.39, 0.29) is 5.41 Å². The molecule has 0 radical (unpaired) electrons. The van der Waals surface area contributed by atoms with E-state index < -0.39 is 12.1 Å². The predicted molar refractivity (Wildman–Crippen MR) is 108 cm³/mol. The molecule has 1 amide bonds. The van der Waals surface area contributed by atoms with Gasteiger partial charge in [-0.2, -0.15) is 0 Å². The number of anilines is 1. The average molecular weight is 392 g/mol. The molecule has 0 spiro atoms. The number of carbonyl (C=O) groups is 2. The number of methoxy groups -OCH3 is 1. The molecule has 0 aromatic carbocycles.